The van der Waals surface area contributed by atoms with Crippen LogP contribution in [-0.4, -0.2) is 107 Å². The van der Waals surface area contributed by atoms with Crippen molar-refractivity contribution in [2.45, 2.75) is 26.1 Å². The number of hydrogen-bond donors (Lipinski definition) is 1. The van der Waals surface area contributed by atoms with Crippen molar-refractivity contribution >= 4 is 5.91 Å². The van der Waals surface area contributed by atoms with E-state index in [1.165, 1.54) is 21.3 Å². The Morgan fingerprint density at radius 1 is 1.19 bits per heavy atom. The third-order valence-corrected chi connectivity index (χ3v) is 5.26. The van der Waals surface area contributed by atoms with E-state index in [2.05, 4.69) is 18.7 Å². The standard InChI is InChI=1S/C23H38N2O7/c1-16(2)11-25(14-19-13-24(7-8-32-19)12-18(26)15-28-3)23(27)17-9-20(29-4)22(31-6)21(10-17)30-5/h9-10,16,18-19,26H,7-8,11-15H2,1-6H3/t18-,19+/m1/s1. The molecule has 1 aromatic rings. The number of carbonyl (C=O) groups excluding carboxylic acids is 1. The molecule has 2 rings (SSSR count). The molecule has 32 heavy (non-hydrogen) atoms. The molecule has 1 fully saturated rings. The largest absolute Gasteiger partial charge is 0.493 e. The number of methoxy groups -OCH3 is 4. The molecule has 0 bridgehead atoms. The molecule has 1 aliphatic rings. The van der Waals surface area contributed by atoms with Crippen LogP contribution in [0.1, 0.15) is 24.2 Å². The molecule has 2 atom stereocenters. The van der Waals surface area contributed by atoms with Crippen molar-refractivity contribution in [2.75, 3.05) is 74.4 Å². The normalized spacial score (nSPS) is 17.8. The summed E-state index contributed by atoms with van der Waals surface area (Å²) in [7, 11) is 6.16. The lowest BCUT2D eigenvalue weighted by Crippen LogP contribution is -2.51. The average molecular weight is 455 g/mol. The van der Waals surface area contributed by atoms with Gasteiger partial charge in [0, 0.05) is 45.4 Å². The maximum absolute atomic E-state index is 13.5. The van der Waals surface area contributed by atoms with Gasteiger partial charge in [0.25, 0.3) is 5.91 Å². The van der Waals surface area contributed by atoms with Crippen LogP contribution in [0.3, 0.4) is 0 Å². The molecule has 182 valence electrons. The average Bonchev–Trinajstić information content (AvgIpc) is 2.77. The minimum Gasteiger partial charge on any atom is -0.493 e. The highest BCUT2D eigenvalue weighted by Gasteiger charge is 2.28. The van der Waals surface area contributed by atoms with Crippen LogP contribution in [0.15, 0.2) is 12.1 Å². The molecule has 0 aromatic heterocycles. The van der Waals surface area contributed by atoms with Gasteiger partial charge in [-0.05, 0) is 18.1 Å². The number of rotatable bonds is 12. The van der Waals surface area contributed by atoms with E-state index in [9.17, 15) is 9.90 Å². The predicted molar refractivity (Wildman–Crippen MR) is 121 cm³/mol. The fraction of sp³-hybridized carbons (Fsp3) is 0.696. The number of aliphatic hydroxyl groups is 1. The molecule has 9 heteroatoms. The quantitative estimate of drug-likeness (QED) is 0.509. The van der Waals surface area contributed by atoms with Gasteiger partial charge in [-0.2, -0.15) is 0 Å². The molecule has 1 heterocycles. The van der Waals surface area contributed by atoms with Gasteiger partial charge in [-0.25, -0.2) is 0 Å². The van der Waals surface area contributed by atoms with Gasteiger partial charge in [0.05, 0.1) is 46.8 Å². The molecule has 1 saturated heterocycles. The lowest BCUT2D eigenvalue weighted by molar-refractivity contribution is -0.0569. The first-order chi connectivity index (χ1) is 15.3. The van der Waals surface area contributed by atoms with E-state index in [-0.39, 0.29) is 17.9 Å². The molecule has 0 radical (unpaired) electrons. The minimum atomic E-state index is -0.550. The van der Waals surface area contributed by atoms with Gasteiger partial charge in [0.15, 0.2) is 11.5 Å². The first kappa shape index (κ1) is 26.2. The molecule has 1 N–H and O–H groups in total. The van der Waals surface area contributed by atoms with Crippen molar-refractivity contribution in [3.63, 3.8) is 0 Å². The predicted octanol–water partition coefficient (Wildman–Crippen LogP) is 1.52. The van der Waals surface area contributed by atoms with E-state index in [0.717, 1.165) is 6.54 Å². The Kier molecular flexibility index (Phi) is 10.5. The van der Waals surface area contributed by atoms with Crippen molar-refractivity contribution in [3.8, 4) is 17.2 Å². The van der Waals surface area contributed by atoms with Crippen LogP contribution in [0, 0.1) is 5.92 Å². The zero-order chi connectivity index (χ0) is 23.7. The SMILES string of the molecule is COC[C@H](O)CN1CCO[C@H](CN(CC(C)C)C(=O)c2cc(OC)c(OC)c(OC)c2)C1. The number of amides is 1. The third kappa shape index (κ3) is 7.23. The van der Waals surface area contributed by atoms with Crippen molar-refractivity contribution in [1.82, 2.24) is 9.80 Å². The number of nitrogens with zero attached hydrogens (tertiary/aromatic N) is 2. The van der Waals surface area contributed by atoms with Crippen LogP contribution in [0.2, 0.25) is 0 Å². The lowest BCUT2D eigenvalue weighted by Gasteiger charge is -2.37. The zero-order valence-electron chi connectivity index (χ0n) is 20.1. The molecule has 1 aromatic carbocycles. The van der Waals surface area contributed by atoms with Crippen molar-refractivity contribution in [2.24, 2.45) is 5.92 Å². The second-order valence-electron chi connectivity index (χ2n) is 8.38. The van der Waals surface area contributed by atoms with E-state index in [4.69, 9.17) is 23.7 Å². The van der Waals surface area contributed by atoms with Crippen LogP contribution in [0.4, 0.5) is 0 Å². The monoisotopic (exact) mass is 454 g/mol. The van der Waals surface area contributed by atoms with Gasteiger partial charge in [-0.3, -0.25) is 9.69 Å². The topological polar surface area (TPSA) is 89.9 Å². The number of carbonyl (C=O) groups is 1. The smallest absolute Gasteiger partial charge is 0.254 e. The molecule has 1 aliphatic heterocycles. The first-order valence-corrected chi connectivity index (χ1v) is 10.9. The Bertz CT molecular complexity index is 703. The minimum absolute atomic E-state index is 0.127. The summed E-state index contributed by atoms with van der Waals surface area (Å²) >= 11 is 0. The van der Waals surface area contributed by atoms with Crippen LogP contribution in [-0.2, 0) is 9.47 Å². The summed E-state index contributed by atoms with van der Waals surface area (Å²) in [6.07, 6.45) is -0.699. The van der Waals surface area contributed by atoms with Crippen molar-refractivity contribution in [1.29, 1.82) is 0 Å². The second kappa shape index (κ2) is 12.8. The highest BCUT2D eigenvalue weighted by Crippen LogP contribution is 2.38. The highest BCUT2D eigenvalue weighted by atomic mass is 16.5. The Labute approximate surface area is 191 Å². The van der Waals surface area contributed by atoms with Gasteiger partial charge in [0.2, 0.25) is 5.75 Å². The Morgan fingerprint density at radius 3 is 2.38 bits per heavy atom. The van der Waals surface area contributed by atoms with Gasteiger partial charge < -0.3 is 33.7 Å². The van der Waals surface area contributed by atoms with Gasteiger partial charge in [-0.15, -0.1) is 0 Å². The Balaban J connectivity index is 2.18. The molecular formula is C23H38N2O7. The van der Waals surface area contributed by atoms with Crippen LogP contribution in [0.25, 0.3) is 0 Å². The summed E-state index contributed by atoms with van der Waals surface area (Å²) in [5, 5.41) is 10.1. The summed E-state index contributed by atoms with van der Waals surface area (Å²) in [4.78, 5) is 17.4. The summed E-state index contributed by atoms with van der Waals surface area (Å²) in [5.74, 6) is 1.48. The summed E-state index contributed by atoms with van der Waals surface area (Å²) in [5.41, 5.74) is 0.461. The van der Waals surface area contributed by atoms with Crippen LogP contribution in [0.5, 0.6) is 17.2 Å². The molecule has 0 unspecified atom stereocenters. The fourth-order valence-electron chi connectivity index (χ4n) is 3.91. The molecule has 9 nitrogen and oxygen atoms in total. The van der Waals surface area contributed by atoms with E-state index in [0.29, 0.717) is 62.2 Å². The zero-order valence-corrected chi connectivity index (χ0v) is 20.1. The number of hydrogen-bond acceptors (Lipinski definition) is 8. The number of β-amino-alcohol motifs (C(OH)–C–C–N with tert-alkyl or cyclic N) is 1. The van der Waals surface area contributed by atoms with Gasteiger partial charge in [0.1, 0.15) is 0 Å². The number of ether oxygens (including phenoxy) is 5. The van der Waals surface area contributed by atoms with E-state index in [1.54, 1.807) is 19.2 Å². The van der Waals surface area contributed by atoms with E-state index < -0.39 is 6.10 Å². The van der Waals surface area contributed by atoms with Crippen molar-refractivity contribution in [3.05, 3.63) is 17.7 Å². The fourth-order valence-corrected chi connectivity index (χ4v) is 3.91. The molecule has 0 aliphatic carbocycles. The van der Waals surface area contributed by atoms with Crippen LogP contribution < -0.4 is 14.2 Å². The Morgan fingerprint density at radius 2 is 1.84 bits per heavy atom. The summed E-state index contributed by atoms with van der Waals surface area (Å²) in [6, 6.07) is 3.35. The van der Waals surface area contributed by atoms with Crippen molar-refractivity contribution < 1.29 is 33.6 Å². The number of morpholine rings is 1. The second-order valence-corrected chi connectivity index (χ2v) is 8.38. The van der Waals surface area contributed by atoms with Gasteiger partial charge in [-0.1, -0.05) is 13.8 Å². The number of aliphatic hydroxyl groups excluding tert-OH is 1. The van der Waals surface area contributed by atoms with E-state index >= 15 is 0 Å². The molecule has 0 spiro atoms. The summed E-state index contributed by atoms with van der Waals surface area (Å²) < 4.78 is 27.2. The highest BCUT2D eigenvalue weighted by molar-refractivity contribution is 5.95. The number of benzene rings is 1. The Hall–Kier alpha value is -2.07. The van der Waals surface area contributed by atoms with E-state index in [1.807, 2.05) is 4.90 Å². The molecule has 1 amide bonds. The lowest BCUT2D eigenvalue weighted by atomic mass is 10.1. The first-order valence-electron chi connectivity index (χ1n) is 10.9. The maximum Gasteiger partial charge on any atom is 0.254 e. The third-order valence-electron chi connectivity index (χ3n) is 5.26. The molecule has 0 saturated carbocycles. The van der Waals surface area contributed by atoms with Gasteiger partial charge >= 0.3 is 0 Å². The van der Waals surface area contributed by atoms with Crippen LogP contribution >= 0.6 is 0 Å². The maximum atomic E-state index is 13.5. The summed E-state index contributed by atoms with van der Waals surface area (Å²) in [6.45, 7) is 7.92. The molecular weight excluding hydrogens is 416 g/mol.